The van der Waals surface area contributed by atoms with Gasteiger partial charge in [0.1, 0.15) is 0 Å². The minimum Gasteiger partial charge on any atom is -0.462 e. The molecule has 1 heterocycles. The highest BCUT2D eigenvalue weighted by atomic mass is 16.6. The van der Waals surface area contributed by atoms with Gasteiger partial charge in [0.05, 0.1) is 12.2 Å². The molecular weight excluding hydrogens is 306 g/mol. The Labute approximate surface area is 139 Å². The molecule has 0 aromatic heterocycles. The van der Waals surface area contributed by atoms with Gasteiger partial charge < -0.3 is 9.47 Å². The van der Waals surface area contributed by atoms with Crippen LogP contribution in [0.3, 0.4) is 0 Å². The zero-order valence-corrected chi connectivity index (χ0v) is 13.1. The van der Waals surface area contributed by atoms with E-state index in [9.17, 15) is 9.59 Å². The summed E-state index contributed by atoms with van der Waals surface area (Å²) in [6.45, 7) is 2.08. The van der Waals surface area contributed by atoms with Crippen molar-refractivity contribution in [1.29, 1.82) is 0 Å². The van der Waals surface area contributed by atoms with Crippen molar-refractivity contribution >= 4 is 23.9 Å². The first-order chi connectivity index (χ1) is 11.7. The fraction of sp³-hybridized carbons (Fsp3) is 0.105. The minimum atomic E-state index is -0.497. The first-order valence-corrected chi connectivity index (χ1v) is 7.52. The van der Waals surface area contributed by atoms with Crippen LogP contribution >= 0.6 is 0 Å². The molecule has 0 bridgehead atoms. The Morgan fingerprint density at radius 1 is 1.12 bits per heavy atom. The number of carbonyl (C=O) groups is 2. The van der Waals surface area contributed by atoms with Crippen LogP contribution in [0.25, 0.3) is 6.08 Å². The monoisotopic (exact) mass is 321 g/mol. The summed E-state index contributed by atoms with van der Waals surface area (Å²) in [6, 6.07) is 16.0. The van der Waals surface area contributed by atoms with Crippen molar-refractivity contribution in [3.05, 3.63) is 77.0 Å². The third-order valence-electron chi connectivity index (χ3n) is 3.37. The molecule has 0 atom stereocenters. The number of benzene rings is 2. The first-order valence-electron chi connectivity index (χ1n) is 7.52. The molecule has 0 unspecified atom stereocenters. The highest BCUT2D eigenvalue weighted by Gasteiger charge is 2.23. The molecule has 0 N–H and O–H groups in total. The lowest BCUT2D eigenvalue weighted by Crippen LogP contribution is -2.05. The van der Waals surface area contributed by atoms with E-state index in [0.29, 0.717) is 12.2 Å². The number of esters is 2. The second-order valence-corrected chi connectivity index (χ2v) is 5.04. The molecule has 2 aromatic rings. The fourth-order valence-electron chi connectivity index (χ4n) is 2.20. The molecule has 1 aliphatic heterocycles. The summed E-state index contributed by atoms with van der Waals surface area (Å²) in [4.78, 5) is 27.8. The highest BCUT2D eigenvalue weighted by molar-refractivity contribution is 6.12. The van der Waals surface area contributed by atoms with Crippen molar-refractivity contribution in [2.75, 3.05) is 6.61 Å². The van der Waals surface area contributed by atoms with Crippen molar-refractivity contribution in [2.45, 2.75) is 6.92 Å². The van der Waals surface area contributed by atoms with Gasteiger partial charge >= 0.3 is 11.9 Å². The van der Waals surface area contributed by atoms with Crippen LogP contribution in [0.4, 0.5) is 0 Å². The van der Waals surface area contributed by atoms with Gasteiger partial charge in [0.15, 0.2) is 5.70 Å². The summed E-state index contributed by atoms with van der Waals surface area (Å²) in [5.74, 6) is -0.584. The topological polar surface area (TPSA) is 65.0 Å². The fourth-order valence-corrected chi connectivity index (χ4v) is 2.20. The average Bonchev–Trinajstić information content (AvgIpc) is 2.97. The lowest BCUT2D eigenvalue weighted by Gasteiger charge is -2.01. The molecule has 1 aliphatic rings. The van der Waals surface area contributed by atoms with Gasteiger partial charge in [-0.2, -0.15) is 0 Å². The van der Waals surface area contributed by atoms with Gasteiger partial charge in [0.25, 0.3) is 0 Å². The molecule has 0 amide bonds. The lowest BCUT2D eigenvalue weighted by atomic mass is 10.1. The van der Waals surface area contributed by atoms with Crippen LogP contribution in [0.15, 0.2) is 65.3 Å². The largest absolute Gasteiger partial charge is 0.462 e. The van der Waals surface area contributed by atoms with Crippen LogP contribution in [-0.2, 0) is 14.3 Å². The number of rotatable bonds is 4. The van der Waals surface area contributed by atoms with E-state index < -0.39 is 5.97 Å². The highest BCUT2D eigenvalue weighted by Crippen LogP contribution is 2.19. The van der Waals surface area contributed by atoms with Crippen LogP contribution in [0.5, 0.6) is 0 Å². The van der Waals surface area contributed by atoms with Crippen LogP contribution in [0.1, 0.15) is 28.4 Å². The Morgan fingerprint density at radius 3 is 2.50 bits per heavy atom. The van der Waals surface area contributed by atoms with E-state index in [1.54, 1.807) is 37.3 Å². The predicted octanol–water partition coefficient (Wildman–Crippen LogP) is 3.21. The number of hydrogen-bond acceptors (Lipinski definition) is 5. The molecule has 0 aliphatic carbocycles. The second kappa shape index (κ2) is 6.91. The van der Waals surface area contributed by atoms with Gasteiger partial charge in [0.2, 0.25) is 5.90 Å². The number of aliphatic imine (C=N–C) groups is 1. The maximum Gasteiger partial charge on any atom is 0.363 e. The summed E-state index contributed by atoms with van der Waals surface area (Å²) >= 11 is 0. The standard InChI is InChI=1S/C19H15NO4/c1-2-23-18(21)15-10-8-13(9-11-15)12-16-19(22)24-17(20-16)14-6-4-3-5-7-14/h3-12H,2H2,1H3/b16-12-. The number of hydrogen-bond donors (Lipinski definition) is 0. The number of carbonyl (C=O) groups excluding carboxylic acids is 2. The Bertz CT molecular complexity index is 820. The van der Waals surface area contributed by atoms with Crippen LogP contribution in [-0.4, -0.2) is 24.4 Å². The third kappa shape index (κ3) is 3.41. The SMILES string of the molecule is CCOC(=O)c1ccc(/C=C2\N=C(c3ccccc3)OC2=O)cc1. The zero-order chi connectivity index (χ0) is 16.9. The Hall–Kier alpha value is -3.21. The molecule has 5 heteroatoms. The zero-order valence-electron chi connectivity index (χ0n) is 13.1. The summed E-state index contributed by atoms with van der Waals surface area (Å²) in [5.41, 5.74) is 2.17. The second-order valence-electron chi connectivity index (χ2n) is 5.04. The molecule has 0 saturated carbocycles. The first kappa shape index (κ1) is 15.7. The third-order valence-corrected chi connectivity index (χ3v) is 3.37. The van der Waals surface area contributed by atoms with Crippen molar-refractivity contribution < 1.29 is 19.1 Å². The summed E-state index contributed by atoms with van der Waals surface area (Å²) in [5, 5.41) is 0. The normalized spacial score (nSPS) is 15.1. The van der Waals surface area contributed by atoms with Crippen LogP contribution in [0.2, 0.25) is 0 Å². The number of nitrogens with zero attached hydrogens (tertiary/aromatic N) is 1. The van der Waals surface area contributed by atoms with Gasteiger partial charge in [-0.15, -0.1) is 0 Å². The average molecular weight is 321 g/mol. The van der Waals surface area contributed by atoms with Gasteiger partial charge in [-0.25, -0.2) is 14.6 Å². The molecule has 0 spiro atoms. The van der Waals surface area contributed by atoms with E-state index in [-0.39, 0.29) is 17.6 Å². The smallest absolute Gasteiger partial charge is 0.363 e. The van der Waals surface area contributed by atoms with Crippen molar-refractivity contribution in [3.63, 3.8) is 0 Å². The maximum absolute atomic E-state index is 11.9. The molecule has 3 rings (SSSR count). The van der Waals surface area contributed by atoms with E-state index in [1.165, 1.54) is 0 Å². The predicted molar refractivity (Wildman–Crippen MR) is 89.4 cm³/mol. The molecule has 0 saturated heterocycles. The number of cyclic esters (lactones) is 1. The van der Waals surface area contributed by atoms with E-state index >= 15 is 0 Å². The Morgan fingerprint density at radius 2 is 1.83 bits per heavy atom. The van der Waals surface area contributed by atoms with E-state index in [4.69, 9.17) is 9.47 Å². The molecule has 0 fully saturated rings. The summed E-state index contributed by atoms with van der Waals surface area (Å²) in [6.07, 6.45) is 1.62. The lowest BCUT2D eigenvalue weighted by molar-refractivity contribution is -0.129. The number of ether oxygens (including phenoxy) is 2. The molecule has 5 nitrogen and oxygen atoms in total. The molecule has 24 heavy (non-hydrogen) atoms. The van der Waals surface area contributed by atoms with Gasteiger partial charge in [-0.05, 0) is 42.8 Å². The van der Waals surface area contributed by atoms with E-state index in [1.807, 2.05) is 30.3 Å². The van der Waals surface area contributed by atoms with E-state index in [0.717, 1.165) is 11.1 Å². The quantitative estimate of drug-likeness (QED) is 0.641. The summed E-state index contributed by atoms with van der Waals surface area (Å²) < 4.78 is 10.1. The minimum absolute atomic E-state index is 0.220. The van der Waals surface area contributed by atoms with Gasteiger partial charge in [0, 0.05) is 5.56 Å². The molecule has 0 radical (unpaired) electrons. The maximum atomic E-state index is 11.9. The van der Waals surface area contributed by atoms with Gasteiger partial charge in [-0.1, -0.05) is 30.3 Å². The molecular formula is C19H15NO4. The Kier molecular flexibility index (Phi) is 4.52. The van der Waals surface area contributed by atoms with Crippen molar-refractivity contribution in [1.82, 2.24) is 0 Å². The van der Waals surface area contributed by atoms with E-state index in [2.05, 4.69) is 4.99 Å². The molecule has 2 aromatic carbocycles. The van der Waals surface area contributed by atoms with Gasteiger partial charge in [-0.3, -0.25) is 0 Å². The van der Waals surface area contributed by atoms with Crippen molar-refractivity contribution in [3.8, 4) is 0 Å². The molecule has 120 valence electrons. The van der Waals surface area contributed by atoms with Crippen molar-refractivity contribution in [2.24, 2.45) is 4.99 Å². The Balaban J connectivity index is 1.82. The van der Waals surface area contributed by atoms with Crippen LogP contribution in [0, 0.1) is 0 Å². The summed E-state index contributed by atoms with van der Waals surface area (Å²) in [7, 11) is 0. The van der Waals surface area contributed by atoms with Crippen LogP contribution < -0.4 is 0 Å².